The largest absolute Gasteiger partial charge is 0.465 e. The second kappa shape index (κ2) is 10.6. The summed E-state index contributed by atoms with van der Waals surface area (Å²) in [5, 5.41) is 0. The third-order valence-corrected chi connectivity index (χ3v) is 5.70. The van der Waals surface area contributed by atoms with Crippen molar-refractivity contribution in [3.63, 3.8) is 0 Å². The van der Waals surface area contributed by atoms with Crippen LogP contribution in [0.5, 0.6) is 0 Å². The Labute approximate surface area is 206 Å². The summed E-state index contributed by atoms with van der Waals surface area (Å²) in [5.41, 5.74) is 8.75. The summed E-state index contributed by atoms with van der Waals surface area (Å²) in [6.45, 7) is 8.77. The molecule has 188 valence electrons. The van der Waals surface area contributed by atoms with Gasteiger partial charge in [-0.2, -0.15) is 0 Å². The highest BCUT2D eigenvalue weighted by Gasteiger charge is 2.32. The molecule has 1 aliphatic rings. The van der Waals surface area contributed by atoms with E-state index in [1.165, 1.54) is 0 Å². The molecule has 2 aromatic rings. The van der Waals surface area contributed by atoms with E-state index >= 15 is 0 Å². The molecule has 0 aromatic heterocycles. The maximum atomic E-state index is 12.6. The molecule has 0 heterocycles. The molecule has 1 unspecified atom stereocenters. The van der Waals surface area contributed by atoms with E-state index in [0.29, 0.717) is 0 Å². The molecule has 3 rings (SSSR count). The predicted molar refractivity (Wildman–Crippen MR) is 133 cm³/mol. The lowest BCUT2D eigenvalue weighted by atomic mass is 9.98. The van der Waals surface area contributed by atoms with E-state index in [-0.39, 0.29) is 31.8 Å². The van der Waals surface area contributed by atoms with Gasteiger partial charge in [-0.3, -0.25) is 14.4 Å². The lowest BCUT2D eigenvalue weighted by molar-refractivity contribution is -0.164. The molecule has 0 spiro atoms. The summed E-state index contributed by atoms with van der Waals surface area (Å²) in [5.74, 6) is -1.62. The van der Waals surface area contributed by atoms with Crippen molar-refractivity contribution >= 4 is 17.9 Å². The average molecular weight is 482 g/mol. The van der Waals surface area contributed by atoms with Crippen LogP contribution in [0.2, 0.25) is 0 Å². The maximum absolute atomic E-state index is 12.6. The Hall–Kier alpha value is -3.19. The molecule has 0 bridgehead atoms. The number of esters is 3. The first-order chi connectivity index (χ1) is 16.4. The normalized spacial score (nSPS) is 14.0. The number of hydrogen-bond donors (Lipinski definition) is 1. The Morgan fingerprint density at radius 1 is 0.857 bits per heavy atom. The van der Waals surface area contributed by atoms with Crippen molar-refractivity contribution in [2.75, 3.05) is 6.61 Å². The maximum Gasteiger partial charge on any atom is 0.323 e. The lowest BCUT2D eigenvalue weighted by Crippen LogP contribution is -2.40. The van der Waals surface area contributed by atoms with Crippen LogP contribution in [0.15, 0.2) is 48.5 Å². The molecule has 35 heavy (non-hydrogen) atoms. The smallest absolute Gasteiger partial charge is 0.323 e. The van der Waals surface area contributed by atoms with Crippen molar-refractivity contribution in [2.24, 2.45) is 5.73 Å². The van der Waals surface area contributed by atoms with E-state index < -0.39 is 35.2 Å². The minimum atomic E-state index is -1.11. The second-order valence-corrected chi connectivity index (χ2v) is 10.5. The van der Waals surface area contributed by atoms with E-state index in [4.69, 9.17) is 19.9 Å². The van der Waals surface area contributed by atoms with Gasteiger partial charge in [0.1, 0.15) is 23.9 Å². The monoisotopic (exact) mass is 481 g/mol. The topological polar surface area (TPSA) is 105 Å². The van der Waals surface area contributed by atoms with E-state index in [9.17, 15) is 14.4 Å². The number of nitrogens with two attached hydrogens (primary N) is 1. The predicted octanol–water partition coefficient (Wildman–Crippen LogP) is 4.50. The van der Waals surface area contributed by atoms with Gasteiger partial charge in [0.15, 0.2) is 0 Å². The van der Waals surface area contributed by atoms with Gasteiger partial charge < -0.3 is 19.9 Å². The summed E-state index contributed by atoms with van der Waals surface area (Å²) in [6.07, 6.45) is -0.0251. The van der Waals surface area contributed by atoms with Crippen LogP contribution in [0.25, 0.3) is 11.1 Å². The van der Waals surface area contributed by atoms with E-state index in [1.54, 1.807) is 34.6 Å². The van der Waals surface area contributed by atoms with Crippen LogP contribution in [0.1, 0.15) is 70.9 Å². The number of benzene rings is 2. The highest BCUT2D eigenvalue weighted by molar-refractivity contribution is 5.80. The fraction of sp³-hybridized carbons (Fsp3) is 0.464. The van der Waals surface area contributed by atoms with Gasteiger partial charge in [0.25, 0.3) is 0 Å². The van der Waals surface area contributed by atoms with Crippen LogP contribution in [0.4, 0.5) is 0 Å². The van der Waals surface area contributed by atoms with Gasteiger partial charge in [-0.25, -0.2) is 0 Å². The minimum Gasteiger partial charge on any atom is -0.465 e. The van der Waals surface area contributed by atoms with E-state index in [0.717, 1.165) is 22.3 Å². The Balaban J connectivity index is 1.51. The van der Waals surface area contributed by atoms with Crippen LogP contribution >= 0.6 is 0 Å². The van der Waals surface area contributed by atoms with Gasteiger partial charge in [-0.15, -0.1) is 0 Å². The van der Waals surface area contributed by atoms with Crippen LogP contribution in [-0.2, 0) is 28.6 Å². The quantitative estimate of drug-likeness (QED) is 0.415. The molecule has 0 saturated heterocycles. The first-order valence-electron chi connectivity index (χ1n) is 11.9. The Kier molecular flexibility index (Phi) is 8.00. The molecular weight excluding hydrogens is 446 g/mol. The number of carbonyl (C=O) groups excluding carboxylic acids is 3. The Morgan fingerprint density at radius 2 is 1.40 bits per heavy atom. The number of carbonyl (C=O) groups is 3. The van der Waals surface area contributed by atoms with Crippen molar-refractivity contribution in [3.05, 3.63) is 59.7 Å². The molecule has 7 heteroatoms. The van der Waals surface area contributed by atoms with Crippen molar-refractivity contribution in [2.45, 2.75) is 77.0 Å². The van der Waals surface area contributed by atoms with Gasteiger partial charge >= 0.3 is 17.9 Å². The molecule has 1 aliphatic carbocycles. The molecule has 0 radical (unpaired) electrons. The average Bonchev–Trinajstić information content (AvgIpc) is 3.08. The number of hydrogen-bond acceptors (Lipinski definition) is 7. The molecule has 0 amide bonds. The highest BCUT2D eigenvalue weighted by atomic mass is 16.6. The summed E-state index contributed by atoms with van der Waals surface area (Å²) in [6, 6.07) is 15.2. The number of fused-ring (bicyclic) bond motifs is 3. The standard InChI is InChI=1S/C28H35NO6/c1-27(2,3)34-24(30)15-14-23(29)26(32)35-28(4,5)16-25(31)33-17-22-20-12-8-6-10-18(20)19-11-7-9-13-21(19)22/h6-13,22-23H,14-17,29H2,1-5H3. The summed E-state index contributed by atoms with van der Waals surface area (Å²) >= 11 is 0. The molecule has 2 N–H and O–H groups in total. The van der Waals surface area contributed by atoms with Crippen LogP contribution in [0.3, 0.4) is 0 Å². The van der Waals surface area contributed by atoms with Crippen molar-refractivity contribution in [1.82, 2.24) is 0 Å². The molecule has 1 atom stereocenters. The molecule has 2 aromatic carbocycles. The van der Waals surface area contributed by atoms with Gasteiger partial charge in [-0.05, 0) is 63.3 Å². The SMILES string of the molecule is CC(C)(C)OC(=O)CCC(N)C(=O)OC(C)(C)CC(=O)OCC1c2ccccc2-c2ccccc21. The number of rotatable bonds is 9. The molecule has 0 aliphatic heterocycles. The second-order valence-electron chi connectivity index (χ2n) is 10.5. The van der Waals surface area contributed by atoms with Gasteiger partial charge in [0, 0.05) is 12.3 Å². The van der Waals surface area contributed by atoms with Gasteiger partial charge in [0.2, 0.25) is 0 Å². The fourth-order valence-electron chi connectivity index (χ4n) is 4.18. The van der Waals surface area contributed by atoms with Gasteiger partial charge in [-0.1, -0.05) is 48.5 Å². The Morgan fingerprint density at radius 3 is 1.94 bits per heavy atom. The zero-order chi connectivity index (χ0) is 25.8. The third-order valence-electron chi connectivity index (χ3n) is 5.70. The van der Waals surface area contributed by atoms with Crippen LogP contribution in [-0.4, -0.2) is 41.8 Å². The molecular formula is C28H35NO6. The molecule has 7 nitrogen and oxygen atoms in total. The van der Waals surface area contributed by atoms with E-state index in [1.807, 2.05) is 24.3 Å². The van der Waals surface area contributed by atoms with Crippen LogP contribution in [0, 0.1) is 0 Å². The lowest BCUT2D eigenvalue weighted by Gasteiger charge is -2.26. The third kappa shape index (κ3) is 7.15. The first kappa shape index (κ1) is 26.4. The summed E-state index contributed by atoms with van der Waals surface area (Å²) < 4.78 is 16.3. The zero-order valence-electron chi connectivity index (χ0n) is 21.1. The first-order valence-corrected chi connectivity index (χ1v) is 11.9. The summed E-state index contributed by atoms with van der Waals surface area (Å²) in [4.78, 5) is 36.9. The minimum absolute atomic E-state index is 0.000341. The Bertz CT molecular complexity index is 1040. The fourth-order valence-corrected chi connectivity index (χ4v) is 4.18. The number of ether oxygens (including phenoxy) is 3. The van der Waals surface area contributed by atoms with Crippen molar-refractivity contribution in [1.29, 1.82) is 0 Å². The van der Waals surface area contributed by atoms with Gasteiger partial charge in [0.05, 0.1) is 6.42 Å². The van der Waals surface area contributed by atoms with Crippen molar-refractivity contribution < 1.29 is 28.6 Å². The summed E-state index contributed by atoms with van der Waals surface area (Å²) in [7, 11) is 0. The zero-order valence-corrected chi connectivity index (χ0v) is 21.1. The van der Waals surface area contributed by atoms with E-state index in [2.05, 4.69) is 24.3 Å². The van der Waals surface area contributed by atoms with Crippen molar-refractivity contribution in [3.8, 4) is 11.1 Å². The molecule has 0 fully saturated rings. The van der Waals surface area contributed by atoms with Crippen LogP contribution < -0.4 is 5.73 Å². The highest BCUT2D eigenvalue weighted by Crippen LogP contribution is 2.44. The molecule has 0 saturated carbocycles.